The van der Waals surface area contributed by atoms with Gasteiger partial charge in [-0.1, -0.05) is 38.1 Å². The summed E-state index contributed by atoms with van der Waals surface area (Å²) in [5.41, 5.74) is 2.29. The van der Waals surface area contributed by atoms with Gasteiger partial charge in [0, 0.05) is 59.7 Å². The van der Waals surface area contributed by atoms with E-state index in [1.807, 2.05) is 30.9 Å². The molecule has 2 aliphatic rings. The minimum atomic E-state index is -0.448. The Balaban J connectivity index is 1.73. The van der Waals surface area contributed by atoms with Gasteiger partial charge in [0.2, 0.25) is 17.7 Å². The molecule has 1 atom stereocenters. The molecule has 31 heavy (non-hydrogen) atoms. The van der Waals surface area contributed by atoms with Gasteiger partial charge in [-0.2, -0.15) is 0 Å². The Kier molecular flexibility index (Phi) is 7.70. The van der Waals surface area contributed by atoms with Crippen molar-refractivity contribution in [1.29, 1.82) is 0 Å². The summed E-state index contributed by atoms with van der Waals surface area (Å²) in [7, 11) is 3.53. The second-order valence-corrected chi connectivity index (χ2v) is 9.35. The highest BCUT2D eigenvalue weighted by molar-refractivity contribution is 5.88. The van der Waals surface area contributed by atoms with E-state index in [0.29, 0.717) is 45.6 Å². The minimum absolute atomic E-state index is 0.0346. The van der Waals surface area contributed by atoms with Crippen LogP contribution in [0.5, 0.6) is 0 Å². The van der Waals surface area contributed by atoms with Crippen molar-refractivity contribution in [3.8, 4) is 0 Å². The van der Waals surface area contributed by atoms with Gasteiger partial charge in [-0.3, -0.25) is 19.3 Å². The number of amides is 3. The molecule has 0 aromatic heterocycles. The van der Waals surface area contributed by atoms with Gasteiger partial charge in [-0.25, -0.2) is 0 Å². The zero-order valence-corrected chi connectivity index (χ0v) is 19.3. The number of carbonyl (C=O) groups is 3. The van der Waals surface area contributed by atoms with Crippen LogP contribution in [-0.2, 0) is 27.3 Å². The van der Waals surface area contributed by atoms with Gasteiger partial charge in [0.05, 0.1) is 6.54 Å². The number of benzene rings is 1. The van der Waals surface area contributed by atoms with E-state index in [4.69, 9.17) is 0 Å². The molecule has 1 aromatic rings. The molecule has 0 spiro atoms. The third-order valence-corrected chi connectivity index (χ3v) is 6.19. The predicted molar refractivity (Wildman–Crippen MR) is 120 cm³/mol. The summed E-state index contributed by atoms with van der Waals surface area (Å²) < 4.78 is 0. The summed E-state index contributed by atoms with van der Waals surface area (Å²) in [6, 6.07) is 7.66. The molecular weight excluding hydrogens is 392 g/mol. The quantitative estimate of drug-likeness (QED) is 0.715. The van der Waals surface area contributed by atoms with Gasteiger partial charge in [0.15, 0.2) is 0 Å². The van der Waals surface area contributed by atoms with E-state index >= 15 is 0 Å². The number of hydrogen-bond acceptors (Lipinski definition) is 4. The van der Waals surface area contributed by atoms with Crippen LogP contribution in [0.15, 0.2) is 24.3 Å². The van der Waals surface area contributed by atoms with Gasteiger partial charge >= 0.3 is 0 Å². The predicted octanol–water partition coefficient (Wildman–Crippen LogP) is 1.61. The van der Waals surface area contributed by atoms with Crippen LogP contribution in [0.4, 0.5) is 0 Å². The van der Waals surface area contributed by atoms with Crippen molar-refractivity contribution in [3.05, 3.63) is 35.4 Å². The molecule has 7 nitrogen and oxygen atoms in total. The highest BCUT2D eigenvalue weighted by Crippen LogP contribution is 2.26. The number of carbonyl (C=O) groups excluding carboxylic acids is 3. The maximum absolute atomic E-state index is 13.6. The summed E-state index contributed by atoms with van der Waals surface area (Å²) in [5.74, 6) is 0.416. The molecule has 0 bridgehead atoms. The molecule has 1 aromatic carbocycles. The fourth-order valence-electron chi connectivity index (χ4n) is 4.37. The van der Waals surface area contributed by atoms with Crippen LogP contribution >= 0.6 is 0 Å². The Morgan fingerprint density at radius 1 is 1.03 bits per heavy atom. The van der Waals surface area contributed by atoms with Crippen molar-refractivity contribution in [2.45, 2.75) is 45.7 Å². The van der Waals surface area contributed by atoms with Gasteiger partial charge in [-0.15, -0.1) is 0 Å². The lowest BCUT2D eigenvalue weighted by Gasteiger charge is -2.39. The molecule has 2 aliphatic heterocycles. The first-order valence-electron chi connectivity index (χ1n) is 11.3. The van der Waals surface area contributed by atoms with Gasteiger partial charge in [0.25, 0.3) is 0 Å². The van der Waals surface area contributed by atoms with Crippen molar-refractivity contribution < 1.29 is 14.4 Å². The molecule has 1 fully saturated rings. The molecule has 0 radical (unpaired) electrons. The molecule has 7 heteroatoms. The molecule has 0 aliphatic carbocycles. The smallest absolute Gasteiger partial charge is 0.245 e. The summed E-state index contributed by atoms with van der Waals surface area (Å²) in [6.45, 7) is 7.66. The molecule has 3 rings (SSSR count). The summed E-state index contributed by atoms with van der Waals surface area (Å²) in [5, 5.41) is 0. The lowest BCUT2D eigenvalue weighted by atomic mass is 9.92. The van der Waals surface area contributed by atoms with Crippen molar-refractivity contribution >= 4 is 17.7 Å². The van der Waals surface area contributed by atoms with Crippen LogP contribution < -0.4 is 0 Å². The number of hydrogen-bond donors (Lipinski definition) is 0. The van der Waals surface area contributed by atoms with E-state index in [-0.39, 0.29) is 23.6 Å². The highest BCUT2D eigenvalue weighted by atomic mass is 16.2. The SMILES string of the molecule is CC(C)CC(=O)N1Cc2ccccc2CC1C(=O)N1CCCN(CC(=O)N(C)C)CC1. The van der Waals surface area contributed by atoms with Gasteiger partial charge < -0.3 is 14.7 Å². The fourth-order valence-corrected chi connectivity index (χ4v) is 4.37. The third-order valence-electron chi connectivity index (χ3n) is 6.19. The molecule has 2 heterocycles. The first kappa shape index (κ1) is 23.3. The summed E-state index contributed by atoms with van der Waals surface area (Å²) >= 11 is 0. The summed E-state index contributed by atoms with van der Waals surface area (Å²) in [4.78, 5) is 46.1. The Labute approximate surface area is 186 Å². The maximum Gasteiger partial charge on any atom is 0.245 e. The van der Waals surface area contributed by atoms with Crippen LogP contribution in [0.2, 0.25) is 0 Å². The monoisotopic (exact) mass is 428 g/mol. The third kappa shape index (κ3) is 5.85. The van der Waals surface area contributed by atoms with E-state index in [1.165, 1.54) is 0 Å². The number of rotatable bonds is 5. The topological polar surface area (TPSA) is 64.2 Å². The van der Waals surface area contributed by atoms with Crippen molar-refractivity contribution in [2.75, 3.05) is 46.8 Å². The standard InChI is InChI=1S/C24H36N4O3/c1-18(2)14-22(29)28-16-20-9-6-5-8-19(20)15-21(28)24(31)27-11-7-10-26(12-13-27)17-23(30)25(3)4/h5-6,8-9,18,21H,7,10-17H2,1-4H3. The van der Waals surface area contributed by atoms with E-state index in [2.05, 4.69) is 17.0 Å². The van der Waals surface area contributed by atoms with E-state index in [9.17, 15) is 14.4 Å². The number of nitrogens with zero attached hydrogens (tertiary/aromatic N) is 4. The number of fused-ring (bicyclic) bond motifs is 1. The second kappa shape index (κ2) is 10.3. The summed E-state index contributed by atoms with van der Waals surface area (Å²) in [6.07, 6.45) is 1.85. The van der Waals surface area contributed by atoms with Gasteiger partial charge in [0.1, 0.15) is 6.04 Å². The molecule has 1 unspecified atom stereocenters. The van der Waals surface area contributed by atoms with E-state index < -0.39 is 6.04 Å². The molecule has 1 saturated heterocycles. The lowest BCUT2D eigenvalue weighted by molar-refractivity contribution is -0.147. The van der Waals surface area contributed by atoms with E-state index in [0.717, 1.165) is 24.1 Å². The lowest BCUT2D eigenvalue weighted by Crippen LogP contribution is -2.54. The number of likely N-dealkylation sites (N-methyl/N-ethyl adjacent to an activating group) is 1. The van der Waals surface area contributed by atoms with Crippen LogP contribution in [0.3, 0.4) is 0 Å². The first-order valence-corrected chi connectivity index (χ1v) is 11.3. The zero-order valence-electron chi connectivity index (χ0n) is 19.3. The van der Waals surface area contributed by atoms with Gasteiger partial charge in [-0.05, 0) is 23.5 Å². The molecule has 0 saturated carbocycles. The maximum atomic E-state index is 13.6. The largest absolute Gasteiger partial charge is 0.348 e. The molecule has 0 N–H and O–H groups in total. The van der Waals surface area contributed by atoms with Crippen molar-refractivity contribution in [1.82, 2.24) is 19.6 Å². The van der Waals surface area contributed by atoms with Crippen LogP contribution in [0.25, 0.3) is 0 Å². The van der Waals surface area contributed by atoms with Crippen LogP contribution in [0.1, 0.15) is 37.8 Å². The Hall–Kier alpha value is -2.41. The first-order chi connectivity index (χ1) is 14.8. The second-order valence-electron chi connectivity index (χ2n) is 9.35. The Morgan fingerprint density at radius 2 is 1.74 bits per heavy atom. The normalized spacial score (nSPS) is 19.7. The van der Waals surface area contributed by atoms with Crippen molar-refractivity contribution in [3.63, 3.8) is 0 Å². The highest BCUT2D eigenvalue weighted by Gasteiger charge is 2.37. The minimum Gasteiger partial charge on any atom is -0.348 e. The zero-order chi connectivity index (χ0) is 22.5. The Bertz CT molecular complexity index is 808. The van der Waals surface area contributed by atoms with Crippen LogP contribution in [0, 0.1) is 5.92 Å². The average Bonchev–Trinajstić information content (AvgIpc) is 2.97. The Morgan fingerprint density at radius 3 is 2.42 bits per heavy atom. The average molecular weight is 429 g/mol. The van der Waals surface area contributed by atoms with E-state index in [1.54, 1.807) is 23.9 Å². The molecular formula is C24H36N4O3. The fraction of sp³-hybridized carbons (Fsp3) is 0.625. The molecule has 3 amide bonds. The van der Waals surface area contributed by atoms with Crippen LogP contribution in [-0.4, -0.2) is 90.2 Å². The molecule has 170 valence electrons. The van der Waals surface area contributed by atoms with Crippen molar-refractivity contribution in [2.24, 2.45) is 5.92 Å².